The first-order valence-electron chi connectivity index (χ1n) is 11.1. The number of ether oxygens (including phenoxy) is 1. The Hall–Kier alpha value is -0.790. The topological polar surface area (TPSA) is 26.3 Å². The van der Waals surface area contributed by atoms with Crippen molar-refractivity contribution < 1.29 is 9.53 Å². The average molecular weight is 351 g/mol. The lowest BCUT2D eigenvalue weighted by atomic mass is 10.0. The van der Waals surface area contributed by atoms with Gasteiger partial charge in [0.1, 0.15) is 5.76 Å². The third kappa shape index (κ3) is 13.1. The third-order valence-electron chi connectivity index (χ3n) is 5.28. The van der Waals surface area contributed by atoms with Crippen molar-refractivity contribution in [2.24, 2.45) is 5.92 Å². The molecule has 25 heavy (non-hydrogen) atoms. The minimum absolute atomic E-state index is 0.0209. The van der Waals surface area contributed by atoms with Crippen LogP contribution in [0.3, 0.4) is 0 Å². The molecule has 1 aliphatic carbocycles. The quantitative estimate of drug-likeness (QED) is 0.362. The molecule has 0 heterocycles. The summed E-state index contributed by atoms with van der Waals surface area (Å²) < 4.78 is 5.75. The fourth-order valence-corrected chi connectivity index (χ4v) is 3.64. The van der Waals surface area contributed by atoms with Gasteiger partial charge in [0.15, 0.2) is 0 Å². The summed E-state index contributed by atoms with van der Waals surface area (Å²) in [6.07, 6.45) is 22.9. The van der Waals surface area contributed by atoms with Crippen LogP contribution >= 0.6 is 0 Å². The summed E-state index contributed by atoms with van der Waals surface area (Å²) in [6, 6.07) is 0. The molecule has 1 unspecified atom stereocenters. The molecule has 0 N–H and O–H groups in total. The molecule has 1 rings (SSSR count). The van der Waals surface area contributed by atoms with Crippen LogP contribution in [-0.2, 0) is 9.53 Å². The van der Waals surface area contributed by atoms with Crippen molar-refractivity contribution in [3.05, 3.63) is 11.8 Å². The molecule has 146 valence electrons. The normalized spacial score (nSPS) is 23.8. The molecule has 0 saturated carbocycles. The second-order valence-electron chi connectivity index (χ2n) is 7.97. The molecule has 0 amide bonds. The van der Waals surface area contributed by atoms with Gasteiger partial charge in [-0.2, -0.15) is 0 Å². The van der Waals surface area contributed by atoms with Gasteiger partial charge in [0.25, 0.3) is 0 Å². The predicted octanol–water partition coefficient (Wildman–Crippen LogP) is 7.71. The van der Waals surface area contributed by atoms with Crippen molar-refractivity contribution >= 4 is 5.97 Å². The SMILES string of the molecule is CCCCCCC(=O)O/C1=C/C(C)CCCCCCCCCCCC1. The Bertz CT molecular complexity index is 359. The maximum absolute atomic E-state index is 12.1. The highest BCUT2D eigenvalue weighted by atomic mass is 16.5. The molecule has 2 heteroatoms. The van der Waals surface area contributed by atoms with Crippen LogP contribution in [0.1, 0.15) is 123 Å². The summed E-state index contributed by atoms with van der Waals surface area (Å²) in [7, 11) is 0. The van der Waals surface area contributed by atoms with Crippen molar-refractivity contribution in [3.8, 4) is 0 Å². The standard InChI is InChI=1S/C23H42O2/c1-3-4-5-16-19-23(24)25-22-18-15-13-11-9-7-6-8-10-12-14-17-21(2)20-22/h20-21H,3-19H2,1-2H3/b22-20+. The van der Waals surface area contributed by atoms with Crippen LogP contribution in [0.5, 0.6) is 0 Å². The van der Waals surface area contributed by atoms with E-state index in [1.165, 1.54) is 77.0 Å². The van der Waals surface area contributed by atoms with Gasteiger partial charge in [0.05, 0.1) is 0 Å². The molecule has 0 aromatic carbocycles. The van der Waals surface area contributed by atoms with Gasteiger partial charge in [0, 0.05) is 12.8 Å². The molecule has 0 aliphatic heterocycles. The van der Waals surface area contributed by atoms with E-state index in [-0.39, 0.29) is 5.97 Å². The van der Waals surface area contributed by atoms with E-state index in [0.29, 0.717) is 12.3 Å². The largest absolute Gasteiger partial charge is 0.431 e. The lowest BCUT2D eigenvalue weighted by molar-refractivity contribution is -0.139. The Morgan fingerprint density at radius 2 is 1.52 bits per heavy atom. The number of carbonyl (C=O) groups excluding carboxylic acids is 1. The molecule has 0 bridgehead atoms. The molecule has 0 spiro atoms. The summed E-state index contributed by atoms with van der Waals surface area (Å²) in [6.45, 7) is 4.47. The molecule has 1 aliphatic rings. The van der Waals surface area contributed by atoms with Gasteiger partial charge in [0.2, 0.25) is 0 Å². The zero-order chi connectivity index (χ0) is 18.2. The minimum Gasteiger partial charge on any atom is -0.431 e. The first kappa shape index (κ1) is 22.3. The van der Waals surface area contributed by atoms with E-state index >= 15 is 0 Å². The zero-order valence-electron chi connectivity index (χ0n) is 17.0. The minimum atomic E-state index is -0.0209. The number of allylic oxidation sites excluding steroid dienone is 2. The Kier molecular flexibility index (Phi) is 13.8. The molecule has 2 nitrogen and oxygen atoms in total. The molecular formula is C23H42O2. The van der Waals surface area contributed by atoms with Crippen molar-refractivity contribution in [2.75, 3.05) is 0 Å². The van der Waals surface area contributed by atoms with Crippen LogP contribution in [0, 0.1) is 5.92 Å². The number of carbonyl (C=O) groups is 1. The van der Waals surface area contributed by atoms with Gasteiger partial charge in [-0.3, -0.25) is 4.79 Å². The Labute approximate surface area is 156 Å². The number of hydrogen-bond acceptors (Lipinski definition) is 2. The number of rotatable bonds is 6. The highest BCUT2D eigenvalue weighted by Crippen LogP contribution is 2.21. The van der Waals surface area contributed by atoms with Crippen LogP contribution in [-0.4, -0.2) is 5.97 Å². The highest BCUT2D eigenvalue weighted by molar-refractivity contribution is 5.70. The Balaban J connectivity index is 2.46. The van der Waals surface area contributed by atoms with Gasteiger partial charge in [-0.15, -0.1) is 0 Å². The number of esters is 1. The molecule has 1 atom stereocenters. The Morgan fingerprint density at radius 3 is 2.16 bits per heavy atom. The van der Waals surface area contributed by atoms with Gasteiger partial charge in [-0.05, 0) is 31.3 Å². The second kappa shape index (κ2) is 15.5. The molecule has 0 radical (unpaired) electrons. The highest BCUT2D eigenvalue weighted by Gasteiger charge is 2.10. The van der Waals surface area contributed by atoms with E-state index in [1.807, 2.05) is 0 Å². The second-order valence-corrected chi connectivity index (χ2v) is 7.97. The lowest BCUT2D eigenvalue weighted by Crippen LogP contribution is -2.06. The molecular weight excluding hydrogens is 308 g/mol. The Morgan fingerprint density at radius 1 is 0.920 bits per heavy atom. The van der Waals surface area contributed by atoms with E-state index in [9.17, 15) is 4.79 Å². The van der Waals surface area contributed by atoms with Crippen molar-refractivity contribution in [2.45, 2.75) is 123 Å². The van der Waals surface area contributed by atoms with Crippen LogP contribution in [0.25, 0.3) is 0 Å². The van der Waals surface area contributed by atoms with E-state index in [0.717, 1.165) is 31.4 Å². The number of hydrogen-bond donors (Lipinski definition) is 0. The van der Waals surface area contributed by atoms with Crippen LogP contribution in [0.15, 0.2) is 11.8 Å². The van der Waals surface area contributed by atoms with E-state index in [2.05, 4.69) is 19.9 Å². The van der Waals surface area contributed by atoms with Crippen molar-refractivity contribution in [1.82, 2.24) is 0 Å². The van der Waals surface area contributed by atoms with E-state index in [1.54, 1.807) is 0 Å². The first-order valence-corrected chi connectivity index (χ1v) is 11.1. The van der Waals surface area contributed by atoms with Crippen molar-refractivity contribution in [1.29, 1.82) is 0 Å². The summed E-state index contributed by atoms with van der Waals surface area (Å²) >= 11 is 0. The summed E-state index contributed by atoms with van der Waals surface area (Å²) in [5.74, 6) is 1.45. The fourth-order valence-electron chi connectivity index (χ4n) is 3.64. The molecule has 0 aromatic heterocycles. The van der Waals surface area contributed by atoms with E-state index < -0.39 is 0 Å². The maximum Gasteiger partial charge on any atom is 0.310 e. The van der Waals surface area contributed by atoms with Crippen molar-refractivity contribution in [3.63, 3.8) is 0 Å². The molecule has 0 aromatic rings. The average Bonchev–Trinajstić information content (AvgIpc) is 2.59. The maximum atomic E-state index is 12.1. The van der Waals surface area contributed by atoms with Crippen LogP contribution in [0.2, 0.25) is 0 Å². The zero-order valence-corrected chi connectivity index (χ0v) is 17.0. The van der Waals surface area contributed by atoms with E-state index in [4.69, 9.17) is 4.74 Å². The van der Waals surface area contributed by atoms with Gasteiger partial charge < -0.3 is 4.74 Å². The van der Waals surface area contributed by atoms with Gasteiger partial charge in [-0.25, -0.2) is 0 Å². The first-order chi connectivity index (χ1) is 12.2. The fraction of sp³-hybridized carbons (Fsp3) is 0.870. The summed E-state index contributed by atoms with van der Waals surface area (Å²) in [4.78, 5) is 12.1. The van der Waals surface area contributed by atoms with Crippen LogP contribution in [0.4, 0.5) is 0 Å². The molecule has 0 saturated heterocycles. The lowest BCUT2D eigenvalue weighted by Gasteiger charge is -2.12. The van der Waals surface area contributed by atoms with Crippen LogP contribution < -0.4 is 0 Å². The smallest absolute Gasteiger partial charge is 0.310 e. The summed E-state index contributed by atoms with van der Waals surface area (Å²) in [5, 5.41) is 0. The summed E-state index contributed by atoms with van der Waals surface area (Å²) in [5.41, 5.74) is 0. The van der Waals surface area contributed by atoms with Gasteiger partial charge in [-0.1, -0.05) is 90.9 Å². The monoisotopic (exact) mass is 350 g/mol. The predicted molar refractivity (Wildman–Crippen MR) is 108 cm³/mol. The van der Waals surface area contributed by atoms with Gasteiger partial charge >= 0.3 is 5.97 Å². The number of unbranched alkanes of at least 4 members (excludes halogenated alkanes) is 3. The third-order valence-corrected chi connectivity index (χ3v) is 5.28. The molecule has 0 fully saturated rings.